The first kappa shape index (κ1) is 12.3. The molecule has 2 aromatic rings. The molecule has 0 amide bonds. The average Bonchev–Trinajstić information content (AvgIpc) is 2.28. The lowest BCUT2D eigenvalue weighted by Gasteiger charge is -2.02. The molecule has 18 heavy (non-hydrogen) atoms. The van der Waals surface area contributed by atoms with Crippen LogP contribution in [0.3, 0.4) is 0 Å². The van der Waals surface area contributed by atoms with Gasteiger partial charge in [-0.1, -0.05) is 11.8 Å². The van der Waals surface area contributed by atoms with Gasteiger partial charge in [0, 0.05) is 22.9 Å². The Kier molecular flexibility index (Phi) is 3.42. The van der Waals surface area contributed by atoms with Gasteiger partial charge in [-0.15, -0.1) is 0 Å². The molecule has 0 bridgehead atoms. The van der Waals surface area contributed by atoms with Crippen molar-refractivity contribution in [1.29, 1.82) is 5.41 Å². The average molecular weight is 261 g/mol. The molecule has 92 valence electrons. The fourth-order valence-corrected chi connectivity index (χ4v) is 2.12. The maximum absolute atomic E-state index is 11.3. The number of aryl methyl sites for hydroxylation is 1. The SMILES string of the molecule is Cc1cc(=O)[nH]c(Sc2ccc(C(=N)N)nc2)n1. The molecule has 0 saturated carbocycles. The number of hydrogen-bond donors (Lipinski definition) is 3. The van der Waals surface area contributed by atoms with Crippen LogP contribution in [0.15, 0.2) is 39.2 Å². The molecule has 0 spiro atoms. The zero-order chi connectivity index (χ0) is 13.1. The minimum Gasteiger partial charge on any atom is -0.382 e. The molecular formula is C11H11N5OS. The fraction of sp³-hybridized carbons (Fsp3) is 0.0909. The molecule has 4 N–H and O–H groups in total. The first-order valence-corrected chi connectivity index (χ1v) is 5.92. The summed E-state index contributed by atoms with van der Waals surface area (Å²) in [5.41, 5.74) is 6.21. The summed E-state index contributed by atoms with van der Waals surface area (Å²) in [5, 5.41) is 7.74. The molecule has 0 aliphatic heterocycles. The quantitative estimate of drug-likeness (QED) is 0.432. The Morgan fingerprint density at radius 2 is 2.28 bits per heavy atom. The van der Waals surface area contributed by atoms with Crippen molar-refractivity contribution in [3.63, 3.8) is 0 Å². The highest BCUT2D eigenvalue weighted by Gasteiger charge is 2.03. The Hall–Kier alpha value is -2.15. The van der Waals surface area contributed by atoms with E-state index in [1.165, 1.54) is 17.8 Å². The summed E-state index contributed by atoms with van der Waals surface area (Å²) in [6.45, 7) is 1.76. The number of aromatic nitrogens is 3. The largest absolute Gasteiger partial charge is 0.382 e. The van der Waals surface area contributed by atoms with E-state index < -0.39 is 0 Å². The number of pyridine rings is 1. The minimum absolute atomic E-state index is 0.0753. The van der Waals surface area contributed by atoms with Crippen molar-refractivity contribution in [2.45, 2.75) is 17.0 Å². The second-order valence-corrected chi connectivity index (χ2v) is 4.65. The van der Waals surface area contributed by atoms with Gasteiger partial charge in [-0.05, 0) is 19.1 Å². The van der Waals surface area contributed by atoms with Gasteiger partial charge in [0.1, 0.15) is 11.5 Å². The summed E-state index contributed by atoms with van der Waals surface area (Å²) in [7, 11) is 0. The Morgan fingerprint density at radius 1 is 1.50 bits per heavy atom. The number of aromatic amines is 1. The third kappa shape index (κ3) is 2.95. The number of nitrogens with one attached hydrogen (secondary N) is 2. The lowest BCUT2D eigenvalue weighted by Crippen LogP contribution is -2.12. The number of nitrogens with zero attached hydrogens (tertiary/aromatic N) is 2. The van der Waals surface area contributed by atoms with Crippen LogP contribution >= 0.6 is 11.8 Å². The standard InChI is InChI=1S/C11H11N5OS/c1-6-4-9(17)16-11(15-6)18-7-2-3-8(10(12)13)14-5-7/h2-5H,1H3,(H3,12,13)(H,15,16,17). The molecule has 0 fully saturated rings. The number of rotatable bonds is 3. The van der Waals surface area contributed by atoms with Gasteiger partial charge >= 0.3 is 0 Å². The molecule has 0 radical (unpaired) electrons. The van der Waals surface area contributed by atoms with Crippen LogP contribution in [0.25, 0.3) is 0 Å². The molecule has 0 aliphatic rings. The zero-order valence-corrected chi connectivity index (χ0v) is 10.4. The molecular weight excluding hydrogens is 250 g/mol. The fourth-order valence-electron chi connectivity index (χ4n) is 1.31. The molecule has 2 rings (SSSR count). The van der Waals surface area contributed by atoms with Gasteiger partial charge in [0.05, 0.1) is 0 Å². The van der Waals surface area contributed by atoms with Crippen molar-refractivity contribution in [2.75, 3.05) is 0 Å². The maximum Gasteiger partial charge on any atom is 0.251 e. The van der Waals surface area contributed by atoms with Crippen molar-refractivity contribution >= 4 is 17.6 Å². The number of nitrogen functional groups attached to an aromatic ring is 1. The predicted molar refractivity (Wildman–Crippen MR) is 69.0 cm³/mol. The third-order valence-corrected chi connectivity index (χ3v) is 2.94. The third-order valence-electron chi connectivity index (χ3n) is 2.07. The lowest BCUT2D eigenvalue weighted by molar-refractivity contribution is 0.905. The highest BCUT2D eigenvalue weighted by molar-refractivity contribution is 7.99. The Labute approximate surface area is 107 Å². The second kappa shape index (κ2) is 5.01. The van der Waals surface area contributed by atoms with Crippen molar-refractivity contribution in [3.8, 4) is 0 Å². The van der Waals surface area contributed by atoms with Crippen molar-refractivity contribution < 1.29 is 0 Å². The smallest absolute Gasteiger partial charge is 0.251 e. The first-order valence-electron chi connectivity index (χ1n) is 5.11. The summed E-state index contributed by atoms with van der Waals surface area (Å²) >= 11 is 1.30. The highest BCUT2D eigenvalue weighted by Crippen LogP contribution is 2.22. The van der Waals surface area contributed by atoms with Gasteiger partial charge in [0.15, 0.2) is 5.16 Å². The van der Waals surface area contributed by atoms with E-state index in [9.17, 15) is 4.79 Å². The normalized spacial score (nSPS) is 10.3. The van der Waals surface area contributed by atoms with Gasteiger partial charge in [0.2, 0.25) is 0 Å². The van der Waals surface area contributed by atoms with Gasteiger partial charge in [-0.3, -0.25) is 15.2 Å². The highest BCUT2D eigenvalue weighted by atomic mass is 32.2. The van der Waals surface area contributed by atoms with E-state index >= 15 is 0 Å². The molecule has 2 aromatic heterocycles. The Morgan fingerprint density at radius 3 is 2.83 bits per heavy atom. The maximum atomic E-state index is 11.3. The van der Waals surface area contributed by atoms with E-state index in [1.54, 1.807) is 25.3 Å². The summed E-state index contributed by atoms with van der Waals surface area (Å²) in [5.74, 6) is -0.0753. The lowest BCUT2D eigenvalue weighted by atomic mass is 10.3. The monoisotopic (exact) mass is 261 g/mol. The van der Waals surface area contributed by atoms with Crippen molar-refractivity contribution in [3.05, 3.63) is 46.1 Å². The van der Waals surface area contributed by atoms with E-state index in [0.717, 1.165) is 4.90 Å². The molecule has 0 atom stereocenters. The van der Waals surface area contributed by atoms with Crippen LogP contribution in [0.5, 0.6) is 0 Å². The van der Waals surface area contributed by atoms with Gasteiger partial charge in [-0.25, -0.2) is 4.98 Å². The predicted octanol–water partition coefficient (Wildman–Crippen LogP) is 0.909. The van der Waals surface area contributed by atoms with Gasteiger partial charge in [0.25, 0.3) is 5.56 Å². The molecule has 0 aliphatic carbocycles. The molecule has 0 unspecified atom stereocenters. The van der Waals surface area contributed by atoms with E-state index in [-0.39, 0.29) is 11.4 Å². The van der Waals surface area contributed by atoms with Crippen molar-refractivity contribution in [2.24, 2.45) is 5.73 Å². The van der Waals surface area contributed by atoms with E-state index in [1.807, 2.05) is 0 Å². The second-order valence-electron chi connectivity index (χ2n) is 3.59. The van der Waals surface area contributed by atoms with Gasteiger partial charge < -0.3 is 10.7 Å². The van der Waals surface area contributed by atoms with Crippen LogP contribution < -0.4 is 11.3 Å². The molecule has 2 heterocycles. The van der Waals surface area contributed by atoms with E-state index in [0.29, 0.717) is 16.5 Å². The summed E-state index contributed by atoms with van der Waals surface area (Å²) in [6, 6.07) is 4.86. The zero-order valence-electron chi connectivity index (χ0n) is 9.60. The summed E-state index contributed by atoms with van der Waals surface area (Å²) < 4.78 is 0. The van der Waals surface area contributed by atoms with Crippen LogP contribution in [-0.2, 0) is 0 Å². The van der Waals surface area contributed by atoms with Crippen LogP contribution in [-0.4, -0.2) is 20.8 Å². The number of H-pyrrole nitrogens is 1. The van der Waals surface area contributed by atoms with Crippen LogP contribution in [0.1, 0.15) is 11.4 Å². The topological polar surface area (TPSA) is 109 Å². The molecule has 0 saturated heterocycles. The molecule has 0 aromatic carbocycles. The molecule has 7 heteroatoms. The number of hydrogen-bond acceptors (Lipinski definition) is 5. The molecule has 6 nitrogen and oxygen atoms in total. The van der Waals surface area contributed by atoms with Gasteiger partial charge in [-0.2, -0.15) is 0 Å². The van der Waals surface area contributed by atoms with E-state index in [2.05, 4.69) is 15.0 Å². The van der Waals surface area contributed by atoms with E-state index in [4.69, 9.17) is 11.1 Å². The summed E-state index contributed by atoms with van der Waals surface area (Å²) in [4.78, 5) is 23.0. The first-order chi connectivity index (χ1) is 8.54. The minimum atomic E-state index is -0.182. The van der Waals surface area contributed by atoms with Crippen LogP contribution in [0.2, 0.25) is 0 Å². The van der Waals surface area contributed by atoms with Crippen molar-refractivity contribution in [1.82, 2.24) is 15.0 Å². The number of amidine groups is 1. The van der Waals surface area contributed by atoms with Crippen LogP contribution in [0.4, 0.5) is 0 Å². The number of nitrogens with two attached hydrogens (primary N) is 1. The Bertz CT molecular complexity index is 635. The Balaban J connectivity index is 2.23. The summed E-state index contributed by atoms with van der Waals surface area (Å²) in [6.07, 6.45) is 1.59. The van der Waals surface area contributed by atoms with Crippen LogP contribution in [0, 0.1) is 12.3 Å².